The molecule has 1 aliphatic heterocycles. The van der Waals surface area contributed by atoms with Crippen LogP contribution in [0.3, 0.4) is 0 Å². The molecule has 0 N–H and O–H groups in total. The quantitative estimate of drug-likeness (QED) is 0.804. The van der Waals surface area contributed by atoms with E-state index < -0.39 is 0 Å². The van der Waals surface area contributed by atoms with Gasteiger partial charge in [0.1, 0.15) is 5.78 Å². The number of rotatable bonds is 2. The average Bonchev–Trinajstić information content (AvgIpc) is 2.32. The van der Waals surface area contributed by atoms with Gasteiger partial charge in [-0.05, 0) is 24.6 Å². The van der Waals surface area contributed by atoms with E-state index in [4.69, 9.17) is 11.6 Å². The summed E-state index contributed by atoms with van der Waals surface area (Å²) in [5.74, 6) is 0.546. The fraction of sp³-hybridized carbons (Fsp3) is 0.500. The summed E-state index contributed by atoms with van der Waals surface area (Å²) in [7, 11) is 0. The first kappa shape index (κ1) is 12.6. The summed E-state index contributed by atoms with van der Waals surface area (Å²) in [4.78, 5) is 13.9. The molecule has 92 valence electrons. The molecule has 0 radical (unpaired) electrons. The van der Waals surface area contributed by atoms with Crippen LogP contribution in [0.25, 0.3) is 0 Å². The smallest absolute Gasteiger partial charge is 0.138 e. The van der Waals surface area contributed by atoms with Crippen molar-refractivity contribution in [2.45, 2.75) is 26.3 Å². The van der Waals surface area contributed by atoms with E-state index in [1.54, 1.807) is 0 Å². The minimum Gasteiger partial charge on any atom is -0.299 e. The second-order valence-electron chi connectivity index (χ2n) is 4.84. The Bertz CT molecular complexity index is 418. The van der Waals surface area contributed by atoms with Gasteiger partial charge in [0, 0.05) is 36.5 Å². The number of Topliss-reactive ketones (excluding diaryl/α,β-unsaturated/α-hetero) is 1. The molecular weight excluding hydrogens is 234 g/mol. The van der Waals surface area contributed by atoms with Crippen LogP contribution in [-0.4, -0.2) is 23.8 Å². The zero-order valence-corrected chi connectivity index (χ0v) is 11.1. The molecule has 2 nitrogen and oxygen atoms in total. The number of hydrogen-bond acceptors (Lipinski definition) is 2. The molecule has 0 spiro atoms. The van der Waals surface area contributed by atoms with E-state index in [0.717, 1.165) is 18.1 Å². The average molecular weight is 252 g/mol. The Morgan fingerprint density at radius 2 is 2.24 bits per heavy atom. The molecule has 1 aliphatic rings. The number of piperidine rings is 1. The Hall–Kier alpha value is -0.860. The second-order valence-corrected chi connectivity index (χ2v) is 5.28. The Morgan fingerprint density at radius 1 is 1.47 bits per heavy atom. The lowest BCUT2D eigenvalue weighted by Gasteiger charge is -2.35. The molecule has 1 heterocycles. The summed E-state index contributed by atoms with van der Waals surface area (Å²) in [6, 6.07) is 8.29. The number of nitrogens with zero attached hydrogens (tertiary/aromatic N) is 1. The van der Waals surface area contributed by atoms with Gasteiger partial charge in [-0.25, -0.2) is 0 Å². The first-order valence-electron chi connectivity index (χ1n) is 6.10. The van der Waals surface area contributed by atoms with Crippen LogP contribution in [0.5, 0.6) is 0 Å². The molecular formula is C14H18ClNO. The van der Waals surface area contributed by atoms with E-state index >= 15 is 0 Å². The van der Waals surface area contributed by atoms with E-state index in [2.05, 4.69) is 17.9 Å². The normalized spacial score (nSPS) is 23.7. The van der Waals surface area contributed by atoms with E-state index in [1.807, 2.05) is 25.1 Å². The van der Waals surface area contributed by atoms with Crippen molar-refractivity contribution in [3.8, 4) is 0 Å². The van der Waals surface area contributed by atoms with Crippen molar-refractivity contribution < 1.29 is 4.79 Å². The highest BCUT2D eigenvalue weighted by Gasteiger charge is 2.26. The summed E-state index contributed by atoms with van der Waals surface area (Å²) >= 11 is 6.01. The van der Waals surface area contributed by atoms with Gasteiger partial charge in [0.15, 0.2) is 0 Å². The summed E-state index contributed by atoms with van der Waals surface area (Å²) < 4.78 is 0. The van der Waals surface area contributed by atoms with E-state index in [0.29, 0.717) is 18.2 Å². The maximum atomic E-state index is 11.5. The molecule has 0 bridgehead atoms. The van der Waals surface area contributed by atoms with Crippen molar-refractivity contribution >= 4 is 17.4 Å². The van der Waals surface area contributed by atoms with E-state index in [9.17, 15) is 4.79 Å². The van der Waals surface area contributed by atoms with Gasteiger partial charge in [0.2, 0.25) is 0 Å². The fourth-order valence-corrected chi connectivity index (χ4v) is 2.57. The van der Waals surface area contributed by atoms with Crippen molar-refractivity contribution in [2.24, 2.45) is 5.92 Å². The van der Waals surface area contributed by atoms with Gasteiger partial charge in [0.05, 0.1) is 0 Å². The lowest BCUT2D eigenvalue weighted by atomic mass is 9.95. The monoisotopic (exact) mass is 251 g/mol. The van der Waals surface area contributed by atoms with Crippen LogP contribution in [0.15, 0.2) is 24.3 Å². The number of carbonyl (C=O) groups excluding carboxylic acids is 1. The maximum absolute atomic E-state index is 11.5. The zero-order valence-electron chi connectivity index (χ0n) is 10.3. The molecule has 0 aliphatic carbocycles. The fourth-order valence-electron chi connectivity index (χ4n) is 2.37. The predicted octanol–water partition coefficient (Wildman–Crippen LogP) is 3.31. The van der Waals surface area contributed by atoms with Gasteiger partial charge in [-0.1, -0.05) is 30.7 Å². The molecule has 0 aromatic heterocycles. The Labute approximate surface area is 108 Å². The number of likely N-dealkylation sites (tertiary alicyclic amines) is 1. The highest BCUT2D eigenvalue weighted by atomic mass is 35.5. The summed E-state index contributed by atoms with van der Waals surface area (Å²) in [6.45, 7) is 5.90. The van der Waals surface area contributed by atoms with Crippen LogP contribution >= 0.6 is 11.6 Å². The first-order valence-corrected chi connectivity index (χ1v) is 6.48. The minimum atomic E-state index is 0.158. The van der Waals surface area contributed by atoms with Gasteiger partial charge >= 0.3 is 0 Å². The van der Waals surface area contributed by atoms with Gasteiger partial charge in [-0.15, -0.1) is 0 Å². The molecule has 2 unspecified atom stereocenters. The zero-order chi connectivity index (χ0) is 12.4. The second kappa shape index (κ2) is 5.19. The molecule has 0 saturated carbocycles. The van der Waals surface area contributed by atoms with Crippen LogP contribution in [0.2, 0.25) is 5.02 Å². The number of ketones is 1. The van der Waals surface area contributed by atoms with Crippen molar-refractivity contribution in [1.29, 1.82) is 0 Å². The van der Waals surface area contributed by atoms with Gasteiger partial charge in [0.25, 0.3) is 0 Å². The summed E-state index contributed by atoms with van der Waals surface area (Å²) in [5, 5.41) is 0.774. The van der Waals surface area contributed by atoms with Gasteiger partial charge in [-0.3, -0.25) is 9.69 Å². The molecule has 1 aromatic rings. The maximum Gasteiger partial charge on any atom is 0.138 e. The highest BCUT2D eigenvalue weighted by Crippen LogP contribution is 2.26. The lowest BCUT2D eigenvalue weighted by molar-refractivity contribution is -0.126. The number of halogens is 1. The molecule has 2 rings (SSSR count). The van der Waals surface area contributed by atoms with Gasteiger partial charge < -0.3 is 0 Å². The topological polar surface area (TPSA) is 20.3 Å². The molecule has 3 heteroatoms. The molecule has 1 fully saturated rings. The molecule has 0 amide bonds. The molecule has 17 heavy (non-hydrogen) atoms. The van der Waals surface area contributed by atoms with Crippen LogP contribution in [0.4, 0.5) is 0 Å². The Morgan fingerprint density at radius 3 is 2.88 bits per heavy atom. The van der Waals surface area contributed by atoms with E-state index in [-0.39, 0.29) is 5.92 Å². The summed E-state index contributed by atoms with van der Waals surface area (Å²) in [5.41, 5.74) is 1.22. The van der Waals surface area contributed by atoms with Crippen LogP contribution in [0, 0.1) is 5.92 Å². The number of hydrogen-bond donors (Lipinski definition) is 0. The minimum absolute atomic E-state index is 0.158. The van der Waals surface area contributed by atoms with Gasteiger partial charge in [-0.2, -0.15) is 0 Å². The largest absolute Gasteiger partial charge is 0.299 e. The molecule has 2 atom stereocenters. The Balaban J connectivity index is 2.10. The third kappa shape index (κ3) is 2.88. The first-order chi connectivity index (χ1) is 8.08. The Kier molecular flexibility index (Phi) is 3.85. The third-order valence-corrected chi connectivity index (χ3v) is 3.82. The highest BCUT2D eigenvalue weighted by molar-refractivity contribution is 6.30. The van der Waals surface area contributed by atoms with Crippen LogP contribution in [-0.2, 0) is 4.79 Å². The van der Waals surface area contributed by atoms with Crippen LogP contribution < -0.4 is 0 Å². The van der Waals surface area contributed by atoms with Crippen molar-refractivity contribution in [3.63, 3.8) is 0 Å². The lowest BCUT2D eigenvalue weighted by Crippen LogP contribution is -2.40. The molecule has 1 aromatic carbocycles. The SMILES string of the molecule is CC1CN(C(C)c2cccc(Cl)c2)CCC1=O. The van der Waals surface area contributed by atoms with Crippen molar-refractivity contribution in [2.75, 3.05) is 13.1 Å². The molecule has 1 saturated heterocycles. The standard InChI is InChI=1S/C14H18ClNO/c1-10-9-16(7-6-14(10)17)11(2)12-4-3-5-13(15)8-12/h3-5,8,10-11H,6-7,9H2,1-2H3. The van der Waals surface area contributed by atoms with Crippen LogP contribution in [0.1, 0.15) is 31.9 Å². The van der Waals surface area contributed by atoms with Crippen molar-refractivity contribution in [1.82, 2.24) is 4.90 Å². The number of carbonyl (C=O) groups is 1. The number of benzene rings is 1. The van der Waals surface area contributed by atoms with E-state index in [1.165, 1.54) is 5.56 Å². The third-order valence-electron chi connectivity index (χ3n) is 3.58. The predicted molar refractivity (Wildman–Crippen MR) is 70.2 cm³/mol. The summed E-state index contributed by atoms with van der Waals surface area (Å²) in [6.07, 6.45) is 0.673. The van der Waals surface area contributed by atoms with Crippen molar-refractivity contribution in [3.05, 3.63) is 34.9 Å².